The zero-order valence-corrected chi connectivity index (χ0v) is 17.0. The summed E-state index contributed by atoms with van der Waals surface area (Å²) >= 11 is 0. The third-order valence-electron chi connectivity index (χ3n) is 5.51. The van der Waals surface area contributed by atoms with Gasteiger partial charge in [-0.15, -0.1) is 0 Å². The Balaban J connectivity index is 1.70. The van der Waals surface area contributed by atoms with Gasteiger partial charge in [0.1, 0.15) is 5.82 Å². The van der Waals surface area contributed by atoms with E-state index in [1.165, 1.54) is 24.4 Å². The van der Waals surface area contributed by atoms with E-state index in [-0.39, 0.29) is 17.5 Å². The van der Waals surface area contributed by atoms with E-state index >= 15 is 0 Å². The van der Waals surface area contributed by atoms with Crippen LogP contribution in [0.5, 0.6) is 0 Å². The Morgan fingerprint density at radius 3 is 2.58 bits per heavy atom. The van der Waals surface area contributed by atoms with E-state index in [4.69, 9.17) is 0 Å². The fourth-order valence-electron chi connectivity index (χ4n) is 3.81. The second-order valence-corrected chi connectivity index (χ2v) is 7.57. The normalized spacial score (nSPS) is 14.4. The zero-order chi connectivity index (χ0) is 22.0. The standard InChI is InChI=1S/C22H22FN5O3/c1-14-2-3-16(12-20(14)23)26-22(29)19-13-25-27(21(19)15-8-10-24-11-9-15)17-4-6-18(7-5-17)28(30)31/h2-7,12-13,15,24H,8-11H2,1H3,(H,26,29). The van der Waals surface area contributed by atoms with Crippen molar-refractivity contribution < 1.29 is 14.1 Å². The van der Waals surface area contributed by atoms with Crippen LogP contribution in [0.15, 0.2) is 48.7 Å². The maximum atomic E-state index is 13.9. The molecule has 2 N–H and O–H groups in total. The van der Waals surface area contributed by atoms with Crippen LogP contribution in [0.3, 0.4) is 0 Å². The summed E-state index contributed by atoms with van der Waals surface area (Å²) in [5.41, 5.74) is 2.65. The van der Waals surface area contributed by atoms with Crippen molar-refractivity contribution in [2.24, 2.45) is 0 Å². The predicted molar refractivity (Wildman–Crippen MR) is 114 cm³/mol. The van der Waals surface area contributed by atoms with Crippen molar-refractivity contribution in [3.8, 4) is 5.69 Å². The van der Waals surface area contributed by atoms with Crippen molar-refractivity contribution in [1.82, 2.24) is 15.1 Å². The molecule has 8 nitrogen and oxygen atoms in total. The van der Waals surface area contributed by atoms with E-state index in [0.29, 0.717) is 22.5 Å². The smallest absolute Gasteiger partial charge is 0.269 e. The number of benzene rings is 2. The number of nitrogens with one attached hydrogen (secondary N) is 2. The molecule has 9 heteroatoms. The number of non-ortho nitro benzene ring substituents is 1. The molecule has 1 fully saturated rings. The molecule has 2 aromatic carbocycles. The first-order valence-corrected chi connectivity index (χ1v) is 10.0. The van der Waals surface area contributed by atoms with Crippen molar-refractivity contribution >= 4 is 17.3 Å². The van der Waals surface area contributed by atoms with E-state index in [9.17, 15) is 19.3 Å². The number of anilines is 1. The highest BCUT2D eigenvalue weighted by Crippen LogP contribution is 2.31. The molecule has 31 heavy (non-hydrogen) atoms. The van der Waals surface area contributed by atoms with Crippen molar-refractivity contribution in [1.29, 1.82) is 0 Å². The Labute approximate surface area is 178 Å². The largest absolute Gasteiger partial charge is 0.322 e. The Bertz CT molecular complexity index is 1120. The van der Waals surface area contributed by atoms with Crippen LogP contribution in [0.1, 0.15) is 40.4 Å². The summed E-state index contributed by atoms with van der Waals surface area (Å²) in [5.74, 6) is -0.669. The number of amides is 1. The molecule has 1 saturated heterocycles. The summed E-state index contributed by atoms with van der Waals surface area (Å²) in [6, 6.07) is 10.6. The maximum absolute atomic E-state index is 13.9. The van der Waals surface area contributed by atoms with Gasteiger partial charge in [0.2, 0.25) is 0 Å². The van der Waals surface area contributed by atoms with Crippen LogP contribution in [0.25, 0.3) is 5.69 Å². The third-order valence-corrected chi connectivity index (χ3v) is 5.51. The predicted octanol–water partition coefficient (Wildman–Crippen LogP) is 3.95. The average molecular weight is 423 g/mol. The summed E-state index contributed by atoms with van der Waals surface area (Å²) in [6.07, 6.45) is 3.16. The topological polar surface area (TPSA) is 102 Å². The summed E-state index contributed by atoms with van der Waals surface area (Å²) in [6.45, 7) is 3.30. The molecule has 0 saturated carbocycles. The molecule has 0 bridgehead atoms. The number of nitro groups is 1. The van der Waals surface area contributed by atoms with Crippen molar-refractivity contribution in [3.05, 3.63) is 81.4 Å². The molecule has 1 amide bonds. The molecule has 0 atom stereocenters. The molecule has 1 aliphatic heterocycles. The Morgan fingerprint density at radius 2 is 1.94 bits per heavy atom. The minimum Gasteiger partial charge on any atom is -0.322 e. The van der Waals surface area contributed by atoms with Crippen LogP contribution in [0.4, 0.5) is 15.8 Å². The highest BCUT2D eigenvalue weighted by atomic mass is 19.1. The fourth-order valence-corrected chi connectivity index (χ4v) is 3.81. The van der Waals surface area contributed by atoms with Crippen LogP contribution in [0.2, 0.25) is 0 Å². The van der Waals surface area contributed by atoms with Crippen LogP contribution in [-0.2, 0) is 0 Å². The second kappa shape index (κ2) is 8.65. The number of aromatic nitrogens is 2. The van der Waals surface area contributed by atoms with Crippen molar-refractivity contribution in [3.63, 3.8) is 0 Å². The number of carbonyl (C=O) groups excluding carboxylic acids is 1. The molecule has 1 aliphatic rings. The van der Waals surface area contributed by atoms with Gasteiger partial charge in [-0.1, -0.05) is 6.07 Å². The lowest BCUT2D eigenvalue weighted by Gasteiger charge is -2.24. The quantitative estimate of drug-likeness (QED) is 0.478. The molecule has 3 aromatic rings. The molecule has 0 spiro atoms. The Hall–Kier alpha value is -3.59. The maximum Gasteiger partial charge on any atom is 0.269 e. The first-order chi connectivity index (χ1) is 14.9. The molecule has 1 aromatic heterocycles. The first-order valence-electron chi connectivity index (χ1n) is 10.0. The molecular formula is C22H22FN5O3. The fraction of sp³-hybridized carbons (Fsp3) is 0.273. The molecule has 0 aliphatic carbocycles. The average Bonchev–Trinajstić information content (AvgIpc) is 3.22. The van der Waals surface area contributed by atoms with Gasteiger partial charge in [0.15, 0.2) is 0 Å². The summed E-state index contributed by atoms with van der Waals surface area (Å²) < 4.78 is 15.6. The molecular weight excluding hydrogens is 401 g/mol. The molecule has 160 valence electrons. The molecule has 0 unspecified atom stereocenters. The summed E-state index contributed by atoms with van der Waals surface area (Å²) in [5, 5.41) is 21.5. The number of halogens is 1. The van der Waals surface area contributed by atoms with E-state index in [0.717, 1.165) is 31.6 Å². The Morgan fingerprint density at radius 1 is 1.23 bits per heavy atom. The summed E-state index contributed by atoms with van der Waals surface area (Å²) in [7, 11) is 0. The van der Waals surface area contributed by atoms with Gasteiger partial charge in [0, 0.05) is 23.7 Å². The van der Waals surface area contributed by atoms with Gasteiger partial charge >= 0.3 is 0 Å². The molecule has 0 radical (unpaired) electrons. The SMILES string of the molecule is Cc1ccc(NC(=O)c2cnn(-c3ccc([N+](=O)[O-])cc3)c2C2CCNCC2)cc1F. The number of nitrogens with zero attached hydrogens (tertiary/aromatic N) is 3. The van der Waals surface area contributed by atoms with E-state index in [1.807, 2.05) is 0 Å². The lowest BCUT2D eigenvalue weighted by atomic mass is 9.91. The lowest BCUT2D eigenvalue weighted by molar-refractivity contribution is -0.384. The van der Waals surface area contributed by atoms with Crippen molar-refractivity contribution in [2.75, 3.05) is 18.4 Å². The first kappa shape index (κ1) is 20.7. The number of rotatable bonds is 5. The minimum atomic E-state index is -0.458. The number of nitro benzene ring substituents is 1. The van der Waals surface area contributed by atoms with Gasteiger partial charge in [0.05, 0.1) is 28.1 Å². The monoisotopic (exact) mass is 423 g/mol. The van der Waals surface area contributed by atoms with Crippen LogP contribution >= 0.6 is 0 Å². The van der Waals surface area contributed by atoms with Crippen LogP contribution < -0.4 is 10.6 Å². The van der Waals surface area contributed by atoms with E-state index in [2.05, 4.69) is 15.7 Å². The van der Waals surface area contributed by atoms with Crippen LogP contribution in [0, 0.1) is 22.9 Å². The van der Waals surface area contributed by atoms with Crippen LogP contribution in [-0.4, -0.2) is 33.7 Å². The lowest BCUT2D eigenvalue weighted by Crippen LogP contribution is -2.29. The molecule has 4 rings (SSSR count). The van der Waals surface area contributed by atoms with E-state index < -0.39 is 10.7 Å². The number of carbonyl (C=O) groups is 1. The minimum absolute atomic E-state index is 0.0151. The second-order valence-electron chi connectivity index (χ2n) is 7.57. The van der Waals surface area contributed by atoms with Gasteiger partial charge < -0.3 is 10.6 Å². The number of hydrogen-bond acceptors (Lipinski definition) is 5. The zero-order valence-electron chi connectivity index (χ0n) is 17.0. The van der Waals surface area contributed by atoms with Gasteiger partial charge in [0.25, 0.3) is 11.6 Å². The van der Waals surface area contributed by atoms with Gasteiger partial charge in [-0.25, -0.2) is 9.07 Å². The highest BCUT2D eigenvalue weighted by molar-refractivity contribution is 6.05. The number of hydrogen-bond donors (Lipinski definition) is 2. The third kappa shape index (κ3) is 4.31. The van der Waals surface area contributed by atoms with Gasteiger partial charge in [-0.05, 0) is 62.7 Å². The van der Waals surface area contributed by atoms with Gasteiger partial charge in [-0.2, -0.15) is 5.10 Å². The van der Waals surface area contributed by atoms with Gasteiger partial charge in [-0.3, -0.25) is 14.9 Å². The van der Waals surface area contributed by atoms with Crippen molar-refractivity contribution in [2.45, 2.75) is 25.7 Å². The summed E-state index contributed by atoms with van der Waals surface area (Å²) in [4.78, 5) is 23.6. The Kier molecular flexibility index (Phi) is 5.77. The number of aryl methyl sites for hydroxylation is 1. The molecule has 2 heterocycles. The van der Waals surface area contributed by atoms with E-state index in [1.54, 1.807) is 35.9 Å². The number of piperidine rings is 1. The highest BCUT2D eigenvalue weighted by Gasteiger charge is 2.27.